The first-order chi connectivity index (χ1) is 7.04. The van der Waals surface area contributed by atoms with Gasteiger partial charge in [-0.3, -0.25) is 0 Å². The molecular weight excluding hydrogens is 230 g/mol. The highest BCUT2D eigenvalue weighted by Crippen LogP contribution is 2.31. The molecule has 4 heteroatoms. The molecule has 0 spiro atoms. The number of hydrogen-bond acceptors (Lipinski definition) is 3. The predicted molar refractivity (Wildman–Crippen MR) is 66.5 cm³/mol. The number of nitrogens with two attached hydrogens (primary N) is 1. The van der Waals surface area contributed by atoms with Gasteiger partial charge in [0.1, 0.15) is 0 Å². The molecule has 2 unspecified atom stereocenters. The largest absolute Gasteiger partial charge is 0.395 e. The van der Waals surface area contributed by atoms with Crippen LogP contribution in [0.3, 0.4) is 0 Å². The smallest absolute Gasteiger partial charge is 0.0550 e. The van der Waals surface area contributed by atoms with Crippen molar-refractivity contribution in [3.05, 3.63) is 28.8 Å². The van der Waals surface area contributed by atoms with Crippen molar-refractivity contribution in [1.29, 1.82) is 0 Å². The van der Waals surface area contributed by atoms with Crippen molar-refractivity contribution in [2.45, 2.75) is 30.0 Å². The number of thioether (sulfide) groups is 1. The first kappa shape index (κ1) is 12.8. The highest BCUT2D eigenvalue weighted by molar-refractivity contribution is 8.00. The molecule has 0 radical (unpaired) electrons. The highest BCUT2D eigenvalue weighted by Gasteiger charge is 2.08. The first-order valence-electron chi connectivity index (χ1n) is 4.87. The molecular formula is C11H16ClNOS. The molecule has 0 aliphatic heterocycles. The van der Waals surface area contributed by atoms with Gasteiger partial charge in [-0.25, -0.2) is 0 Å². The predicted octanol–water partition coefficient (Wildman–Crippen LogP) is 2.83. The summed E-state index contributed by atoms with van der Waals surface area (Å²) in [5.74, 6) is 0. The zero-order valence-corrected chi connectivity index (χ0v) is 10.5. The second kappa shape index (κ2) is 5.75. The molecule has 3 N–H and O–H groups in total. The maximum absolute atomic E-state index is 8.95. The van der Waals surface area contributed by atoms with E-state index in [0.29, 0.717) is 5.02 Å². The number of halogens is 1. The summed E-state index contributed by atoms with van der Waals surface area (Å²) >= 11 is 7.68. The molecule has 0 aliphatic rings. The summed E-state index contributed by atoms with van der Waals surface area (Å²) in [5, 5.41) is 9.81. The normalized spacial score (nSPS) is 15.0. The molecule has 1 aromatic rings. The van der Waals surface area contributed by atoms with E-state index in [1.54, 1.807) is 11.8 Å². The second-order valence-electron chi connectivity index (χ2n) is 3.59. The van der Waals surface area contributed by atoms with E-state index in [1.165, 1.54) is 0 Å². The Morgan fingerprint density at radius 2 is 2.13 bits per heavy atom. The van der Waals surface area contributed by atoms with Crippen LogP contribution in [-0.2, 0) is 0 Å². The molecule has 84 valence electrons. The minimum absolute atomic E-state index is 0.00295. The van der Waals surface area contributed by atoms with E-state index in [1.807, 2.05) is 32.0 Å². The van der Waals surface area contributed by atoms with Crippen LogP contribution in [0.5, 0.6) is 0 Å². The van der Waals surface area contributed by atoms with Gasteiger partial charge >= 0.3 is 0 Å². The van der Waals surface area contributed by atoms with Crippen LogP contribution in [0.15, 0.2) is 23.1 Å². The van der Waals surface area contributed by atoms with Crippen LogP contribution in [0.4, 0.5) is 0 Å². The molecule has 2 nitrogen and oxygen atoms in total. The number of rotatable bonds is 4. The van der Waals surface area contributed by atoms with Crippen molar-refractivity contribution in [3.8, 4) is 0 Å². The van der Waals surface area contributed by atoms with Crippen molar-refractivity contribution in [2.75, 3.05) is 6.61 Å². The van der Waals surface area contributed by atoms with Crippen molar-refractivity contribution in [3.63, 3.8) is 0 Å². The maximum Gasteiger partial charge on any atom is 0.0550 e. The van der Waals surface area contributed by atoms with E-state index in [0.717, 1.165) is 10.5 Å². The number of aliphatic hydroxyl groups is 1. The zero-order valence-electron chi connectivity index (χ0n) is 8.90. The summed E-state index contributed by atoms with van der Waals surface area (Å²) < 4.78 is 0. The summed E-state index contributed by atoms with van der Waals surface area (Å²) in [6.07, 6.45) is 0. The van der Waals surface area contributed by atoms with Gasteiger partial charge in [0.2, 0.25) is 0 Å². The minimum atomic E-state index is -0.00295. The molecule has 0 aromatic heterocycles. The van der Waals surface area contributed by atoms with E-state index in [2.05, 4.69) is 0 Å². The highest BCUT2D eigenvalue weighted by atomic mass is 35.5. The third kappa shape index (κ3) is 3.68. The van der Waals surface area contributed by atoms with Crippen LogP contribution in [0.2, 0.25) is 5.02 Å². The summed E-state index contributed by atoms with van der Waals surface area (Å²) in [6.45, 7) is 4.03. The Kier molecular flexibility index (Phi) is 4.93. The van der Waals surface area contributed by atoms with Crippen LogP contribution in [-0.4, -0.2) is 17.0 Å². The Morgan fingerprint density at radius 1 is 1.47 bits per heavy atom. The lowest BCUT2D eigenvalue weighted by molar-refractivity contribution is 0.300. The Morgan fingerprint density at radius 3 is 2.60 bits per heavy atom. The fraction of sp³-hybridized carbons (Fsp3) is 0.455. The van der Waals surface area contributed by atoms with E-state index in [4.69, 9.17) is 22.4 Å². The van der Waals surface area contributed by atoms with Gasteiger partial charge in [0.05, 0.1) is 11.6 Å². The van der Waals surface area contributed by atoms with Gasteiger partial charge < -0.3 is 10.8 Å². The summed E-state index contributed by atoms with van der Waals surface area (Å²) in [4.78, 5) is 0.989. The average molecular weight is 246 g/mol. The van der Waals surface area contributed by atoms with Crippen LogP contribution < -0.4 is 5.73 Å². The number of benzene rings is 1. The van der Waals surface area contributed by atoms with E-state index in [-0.39, 0.29) is 17.9 Å². The van der Waals surface area contributed by atoms with Gasteiger partial charge in [0.15, 0.2) is 0 Å². The standard InChI is InChI=1S/C11H16ClNOS/c1-7(6-14)15-11-4-3-9(8(2)13)5-10(11)12/h3-5,7-8,14H,6,13H2,1-2H3. The maximum atomic E-state index is 8.95. The van der Waals surface area contributed by atoms with Crippen molar-refractivity contribution in [2.24, 2.45) is 5.73 Å². The van der Waals surface area contributed by atoms with Gasteiger partial charge in [-0.15, -0.1) is 11.8 Å². The van der Waals surface area contributed by atoms with E-state index in [9.17, 15) is 0 Å². The summed E-state index contributed by atoms with van der Waals surface area (Å²) in [7, 11) is 0. The molecule has 2 atom stereocenters. The Hall–Kier alpha value is -0.220. The molecule has 0 heterocycles. The van der Waals surface area contributed by atoms with E-state index < -0.39 is 0 Å². The average Bonchev–Trinajstić information content (AvgIpc) is 2.20. The molecule has 0 amide bonds. The van der Waals surface area contributed by atoms with Crippen LogP contribution in [0.25, 0.3) is 0 Å². The lowest BCUT2D eigenvalue weighted by Crippen LogP contribution is -2.05. The monoisotopic (exact) mass is 245 g/mol. The molecule has 0 aliphatic carbocycles. The van der Waals surface area contributed by atoms with Gasteiger partial charge in [0, 0.05) is 16.2 Å². The minimum Gasteiger partial charge on any atom is -0.395 e. The number of hydrogen-bond donors (Lipinski definition) is 2. The Balaban J connectivity index is 2.83. The second-order valence-corrected chi connectivity index (χ2v) is 5.48. The number of aliphatic hydroxyl groups excluding tert-OH is 1. The SMILES string of the molecule is CC(CO)Sc1ccc(C(C)N)cc1Cl. The summed E-state index contributed by atoms with van der Waals surface area (Å²) in [6, 6.07) is 5.82. The molecule has 15 heavy (non-hydrogen) atoms. The van der Waals surface area contributed by atoms with Crippen LogP contribution in [0.1, 0.15) is 25.5 Å². The lowest BCUT2D eigenvalue weighted by Gasteiger charge is -2.11. The molecule has 0 saturated heterocycles. The van der Waals surface area contributed by atoms with Crippen LogP contribution >= 0.6 is 23.4 Å². The molecule has 1 aromatic carbocycles. The third-order valence-corrected chi connectivity index (χ3v) is 3.65. The third-order valence-electron chi connectivity index (χ3n) is 2.07. The van der Waals surface area contributed by atoms with Gasteiger partial charge in [0.25, 0.3) is 0 Å². The molecule has 0 fully saturated rings. The van der Waals surface area contributed by atoms with Crippen molar-refractivity contribution < 1.29 is 5.11 Å². The van der Waals surface area contributed by atoms with Crippen molar-refractivity contribution in [1.82, 2.24) is 0 Å². The summed E-state index contributed by atoms with van der Waals surface area (Å²) in [5.41, 5.74) is 6.78. The van der Waals surface area contributed by atoms with Gasteiger partial charge in [-0.1, -0.05) is 24.6 Å². The van der Waals surface area contributed by atoms with Gasteiger partial charge in [-0.05, 0) is 24.6 Å². The zero-order chi connectivity index (χ0) is 11.4. The molecule has 1 rings (SSSR count). The molecule has 0 saturated carbocycles. The quantitative estimate of drug-likeness (QED) is 0.802. The first-order valence-corrected chi connectivity index (χ1v) is 6.13. The van der Waals surface area contributed by atoms with E-state index >= 15 is 0 Å². The fourth-order valence-electron chi connectivity index (χ4n) is 1.15. The van der Waals surface area contributed by atoms with Gasteiger partial charge in [-0.2, -0.15) is 0 Å². The van der Waals surface area contributed by atoms with Crippen LogP contribution in [0, 0.1) is 0 Å². The molecule has 0 bridgehead atoms. The fourth-order valence-corrected chi connectivity index (χ4v) is 2.30. The topological polar surface area (TPSA) is 46.2 Å². The Bertz CT molecular complexity index is 330. The lowest BCUT2D eigenvalue weighted by atomic mass is 10.1. The van der Waals surface area contributed by atoms with Crippen molar-refractivity contribution >= 4 is 23.4 Å². The Labute approximate surface area is 99.8 Å².